The maximum atomic E-state index is 13.3. The largest absolute Gasteiger partial charge is 0.419 e. The van der Waals surface area contributed by atoms with E-state index < -0.39 is 17.6 Å². The molecule has 1 fully saturated rings. The molecule has 0 aromatic heterocycles. The Hall–Kier alpha value is -1.36. The summed E-state index contributed by atoms with van der Waals surface area (Å²) in [6, 6.07) is 3.98. The SMILES string of the molecule is CN1C2C=C(c3ccc(F)c(C(F)(F)F)c3)CC1CC2. The lowest BCUT2D eigenvalue weighted by Gasteiger charge is -2.30. The number of benzene rings is 1. The van der Waals surface area contributed by atoms with Crippen molar-refractivity contribution < 1.29 is 17.6 Å². The fourth-order valence-electron chi connectivity index (χ4n) is 3.20. The summed E-state index contributed by atoms with van der Waals surface area (Å²) >= 11 is 0. The van der Waals surface area contributed by atoms with Crippen LogP contribution in [0.1, 0.15) is 30.4 Å². The van der Waals surface area contributed by atoms with Gasteiger partial charge in [-0.15, -0.1) is 0 Å². The molecule has 0 N–H and O–H groups in total. The highest BCUT2D eigenvalue weighted by Crippen LogP contribution is 2.39. The van der Waals surface area contributed by atoms with Gasteiger partial charge >= 0.3 is 6.18 Å². The molecular weight excluding hydrogens is 270 g/mol. The molecule has 2 heterocycles. The predicted molar refractivity (Wildman–Crippen MR) is 68.6 cm³/mol. The summed E-state index contributed by atoms with van der Waals surface area (Å²) in [4.78, 5) is 2.26. The third-order valence-electron chi connectivity index (χ3n) is 4.39. The lowest BCUT2D eigenvalue weighted by atomic mass is 9.94. The number of hydrogen-bond acceptors (Lipinski definition) is 1. The van der Waals surface area contributed by atoms with Crippen molar-refractivity contribution in [1.82, 2.24) is 4.90 Å². The van der Waals surface area contributed by atoms with E-state index in [1.165, 1.54) is 6.07 Å². The summed E-state index contributed by atoms with van der Waals surface area (Å²) in [5.74, 6) is -1.21. The van der Waals surface area contributed by atoms with E-state index in [-0.39, 0.29) is 0 Å². The molecule has 108 valence electrons. The summed E-state index contributed by atoms with van der Waals surface area (Å²) < 4.78 is 51.6. The van der Waals surface area contributed by atoms with E-state index in [9.17, 15) is 17.6 Å². The fraction of sp³-hybridized carbons (Fsp3) is 0.467. The van der Waals surface area contributed by atoms with Gasteiger partial charge in [0.25, 0.3) is 0 Å². The van der Waals surface area contributed by atoms with Gasteiger partial charge < -0.3 is 0 Å². The number of halogens is 4. The average Bonchev–Trinajstić information content (AvgIpc) is 2.61. The summed E-state index contributed by atoms with van der Waals surface area (Å²) in [7, 11) is 2.04. The first-order valence-electron chi connectivity index (χ1n) is 6.66. The van der Waals surface area contributed by atoms with Crippen LogP contribution >= 0.6 is 0 Å². The predicted octanol–water partition coefficient (Wildman–Crippen LogP) is 4.09. The van der Waals surface area contributed by atoms with Crippen LogP contribution in [0.25, 0.3) is 5.57 Å². The fourth-order valence-corrected chi connectivity index (χ4v) is 3.20. The minimum Gasteiger partial charge on any atom is -0.297 e. The van der Waals surface area contributed by atoms with E-state index in [1.807, 2.05) is 13.1 Å². The summed E-state index contributed by atoms with van der Waals surface area (Å²) in [5, 5.41) is 0. The van der Waals surface area contributed by atoms with Gasteiger partial charge in [0.1, 0.15) is 5.82 Å². The molecule has 0 spiro atoms. The second kappa shape index (κ2) is 4.58. The Balaban J connectivity index is 1.98. The zero-order chi connectivity index (χ0) is 14.5. The first-order chi connectivity index (χ1) is 9.36. The zero-order valence-electron chi connectivity index (χ0n) is 11.0. The van der Waals surface area contributed by atoms with E-state index in [0.29, 0.717) is 17.6 Å². The molecule has 1 aromatic carbocycles. The van der Waals surface area contributed by atoms with Crippen LogP contribution < -0.4 is 0 Å². The molecule has 1 saturated heterocycles. The van der Waals surface area contributed by atoms with Gasteiger partial charge in [0, 0.05) is 12.1 Å². The molecule has 2 aliphatic rings. The van der Waals surface area contributed by atoms with Gasteiger partial charge in [-0.2, -0.15) is 13.2 Å². The summed E-state index contributed by atoms with van der Waals surface area (Å²) in [6.45, 7) is 0. The molecule has 3 rings (SSSR count). The molecule has 0 radical (unpaired) electrons. The van der Waals surface area contributed by atoms with Crippen LogP contribution in [0.5, 0.6) is 0 Å². The number of rotatable bonds is 1. The molecule has 20 heavy (non-hydrogen) atoms. The first kappa shape index (κ1) is 13.6. The summed E-state index contributed by atoms with van der Waals surface area (Å²) in [5.41, 5.74) is 0.215. The molecule has 0 saturated carbocycles. The van der Waals surface area contributed by atoms with Crippen LogP contribution in [0.4, 0.5) is 17.6 Å². The van der Waals surface area contributed by atoms with E-state index in [1.54, 1.807) is 0 Å². The van der Waals surface area contributed by atoms with Crippen LogP contribution in [0, 0.1) is 5.82 Å². The number of nitrogens with zero attached hydrogens (tertiary/aromatic N) is 1. The molecule has 0 amide bonds. The van der Waals surface area contributed by atoms with Gasteiger partial charge in [0.2, 0.25) is 0 Å². The van der Waals surface area contributed by atoms with Gasteiger partial charge in [-0.05, 0) is 49.6 Å². The van der Waals surface area contributed by atoms with Crippen molar-refractivity contribution in [1.29, 1.82) is 0 Å². The lowest BCUT2D eigenvalue weighted by molar-refractivity contribution is -0.140. The van der Waals surface area contributed by atoms with Crippen molar-refractivity contribution in [2.45, 2.75) is 37.5 Å². The standard InChI is InChI=1S/C15H15F4N/c1-20-11-3-4-12(20)7-10(6-11)9-2-5-14(16)13(8-9)15(17,18)19/h2,5-6,8,11-12H,3-4,7H2,1H3. The van der Waals surface area contributed by atoms with Crippen LogP contribution in [-0.4, -0.2) is 24.0 Å². The topological polar surface area (TPSA) is 3.24 Å². The Morgan fingerprint density at radius 2 is 1.95 bits per heavy atom. The van der Waals surface area contributed by atoms with Crippen LogP contribution in [0.3, 0.4) is 0 Å². The van der Waals surface area contributed by atoms with Crippen molar-refractivity contribution in [3.63, 3.8) is 0 Å². The highest BCUT2D eigenvalue weighted by Gasteiger charge is 2.36. The lowest BCUT2D eigenvalue weighted by Crippen LogP contribution is -2.34. The van der Waals surface area contributed by atoms with Crippen LogP contribution in [0.2, 0.25) is 0 Å². The Labute approximate surface area is 114 Å². The van der Waals surface area contributed by atoms with E-state index in [0.717, 1.165) is 37.0 Å². The Kier molecular flexibility index (Phi) is 3.12. The van der Waals surface area contributed by atoms with Crippen molar-refractivity contribution >= 4 is 5.57 Å². The van der Waals surface area contributed by atoms with Gasteiger partial charge in [-0.1, -0.05) is 12.1 Å². The van der Waals surface area contributed by atoms with Crippen molar-refractivity contribution in [3.05, 3.63) is 41.2 Å². The van der Waals surface area contributed by atoms with Crippen molar-refractivity contribution in [2.75, 3.05) is 7.05 Å². The normalized spacial score (nSPS) is 26.8. The van der Waals surface area contributed by atoms with Crippen LogP contribution in [0.15, 0.2) is 24.3 Å². The monoisotopic (exact) mass is 285 g/mol. The number of likely N-dealkylation sites (N-methyl/N-ethyl adjacent to an activating group) is 1. The molecule has 2 atom stereocenters. The molecule has 5 heteroatoms. The number of hydrogen-bond donors (Lipinski definition) is 0. The van der Waals surface area contributed by atoms with E-state index >= 15 is 0 Å². The number of alkyl halides is 3. The highest BCUT2D eigenvalue weighted by molar-refractivity contribution is 5.68. The minimum atomic E-state index is -4.65. The molecule has 2 bridgehead atoms. The summed E-state index contributed by atoms with van der Waals surface area (Å²) in [6.07, 6.45) is 0.213. The zero-order valence-corrected chi connectivity index (χ0v) is 11.0. The molecule has 1 aromatic rings. The van der Waals surface area contributed by atoms with Gasteiger partial charge in [-0.3, -0.25) is 4.90 Å². The third-order valence-corrected chi connectivity index (χ3v) is 4.39. The molecular formula is C15H15F4N. The maximum Gasteiger partial charge on any atom is 0.419 e. The van der Waals surface area contributed by atoms with Crippen LogP contribution in [-0.2, 0) is 6.18 Å². The smallest absolute Gasteiger partial charge is 0.297 e. The van der Waals surface area contributed by atoms with Gasteiger partial charge in [0.05, 0.1) is 5.56 Å². The molecule has 2 aliphatic heterocycles. The number of fused-ring (bicyclic) bond motifs is 2. The quantitative estimate of drug-likeness (QED) is 0.702. The van der Waals surface area contributed by atoms with E-state index in [2.05, 4.69) is 4.90 Å². The van der Waals surface area contributed by atoms with Crippen molar-refractivity contribution in [2.24, 2.45) is 0 Å². The molecule has 0 aliphatic carbocycles. The second-order valence-electron chi connectivity index (χ2n) is 5.55. The third kappa shape index (κ3) is 2.24. The van der Waals surface area contributed by atoms with Gasteiger partial charge in [0.15, 0.2) is 0 Å². The second-order valence-corrected chi connectivity index (χ2v) is 5.55. The Morgan fingerprint density at radius 3 is 2.60 bits per heavy atom. The van der Waals surface area contributed by atoms with Gasteiger partial charge in [-0.25, -0.2) is 4.39 Å². The highest BCUT2D eigenvalue weighted by atomic mass is 19.4. The Bertz CT molecular complexity index is 561. The van der Waals surface area contributed by atoms with Crippen molar-refractivity contribution in [3.8, 4) is 0 Å². The first-order valence-corrected chi connectivity index (χ1v) is 6.66. The minimum absolute atomic E-state index is 0.295. The maximum absolute atomic E-state index is 13.3. The average molecular weight is 285 g/mol. The molecule has 2 unspecified atom stereocenters. The van der Waals surface area contributed by atoms with E-state index in [4.69, 9.17) is 0 Å². The Morgan fingerprint density at radius 1 is 1.20 bits per heavy atom. The molecule has 1 nitrogen and oxygen atoms in total.